The minimum absolute atomic E-state index is 0.246. The number of benzene rings is 1. The van der Waals surface area contributed by atoms with Gasteiger partial charge in [-0.05, 0) is 44.7 Å². The van der Waals surface area contributed by atoms with E-state index >= 15 is 0 Å². The van der Waals surface area contributed by atoms with Gasteiger partial charge in [0, 0.05) is 12.1 Å². The Morgan fingerprint density at radius 3 is 2.42 bits per heavy atom. The van der Waals surface area contributed by atoms with E-state index in [1.165, 1.54) is 11.1 Å². The highest BCUT2D eigenvalue weighted by Gasteiger charge is 2.18. The van der Waals surface area contributed by atoms with Gasteiger partial charge in [0.1, 0.15) is 6.04 Å². The van der Waals surface area contributed by atoms with Crippen LogP contribution in [-0.4, -0.2) is 32.8 Å². The number of carbonyl (C=O) groups is 2. The smallest absolute Gasteiger partial charge is 0.326 e. The normalized spacial score (nSPS) is 12.0. The molecule has 0 saturated carbocycles. The number of rotatable bonds is 8. The summed E-state index contributed by atoms with van der Waals surface area (Å²) in [6, 6.07) is 7.53. The summed E-state index contributed by atoms with van der Waals surface area (Å²) in [6.07, 6.45) is 1.17. The van der Waals surface area contributed by atoms with Crippen LogP contribution in [0.25, 0.3) is 0 Å². The second kappa shape index (κ2) is 8.65. The molecule has 0 radical (unpaired) electrons. The average molecular weight is 357 g/mol. The van der Waals surface area contributed by atoms with Gasteiger partial charge in [-0.2, -0.15) is 5.10 Å². The highest BCUT2D eigenvalue weighted by molar-refractivity contribution is 5.83. The van der Waals surface area contributed by atoms with Crippen LogP contribution < -0.4 is 5.32 Å². The van der Waals surface area contributed by atoms with Crippen molar-refractivity contribution < 1.29 is 14.7 Å². The van der Waals surface area contributed by atoms with Crippen molar-refractivity contribution in [1.29, 1.82) is 0 Å². The molecule has 0 bridgehead atoms. The first kappa shape index (κ1) is 19.7. The number of carbonyl (C=O) groups excluding carboxylic acids is 1. The van der Waals surface area contributed by atoms with Gasteiger partial charge >= 0.3 is 5.97 Å². The minimum Gasteiger partial charge on any atom is -0.480 e. The quantitative estimate of drug-likeness (QED) is 0.761. The molecule has 1 unspecified atom stereocenters. The van der Waals surface area contributed by atoms with Crippen molar-refractivity contribution >= 4 is 11.9 Å². The van der Waals surface area contributed by atoms with Crippen molar-refractivity contribution in [2.45, 2.75) is 59.5 Å². The van der Waals surface area contributed by atoms with E-state index in [0.29, 0.717) is 19.4 Å². The first-order valence-corrected chi connectivity index (χ1v) is 8.92. The van der Waals surface area contributed by atoms with Crippen LogP contribution >= 0.6 is 0 Å². The molecule has 0 saturated heterocycles. The largest absolute Gasteiger partial charge is 0.480 e. The Bertz CT molecular complexity index is 778. The summed E-state index contributed by atoms with van der Waals surface area (Å²) in [6.45, 7) is 8.44. The van der Waals surface area contributed by atoms with E-state index in [1.807, 2.05) is 18.5 Å². The molecule has 0 aliphatic heterocycles. The lowest BCUT2D eigenvalue weighted by atomic mass is 10.1. The van der Waals surface area contributed by atoms with Gasteiger partial charge in [-0.1, -0.05) is 36.8 Å². The van der Waals surface area contributed by atoms with Gasteiger partial charge in [-0.25, -0.2) is 4.79 Å². The van der Waals surface area contributed by atoms with Crippen molar-refractivity contribution in [2.24, 2.45) is 0 Å². The Morgan fingerprint density at radius 2 is 1.85 bits per heavy atom. The number of carboxylic acids is 1. The maximum absolute atomic E-state index is 12.0. The van der Waals surface area contributed by atoms with Crippen LogP contribution in [0.3, 0.4) is 0 Å². The number of hydrogen-bond donors (Lipinski definition) is 2. The standard InChI is InChI=1S/C20H27N3O3/c1-5-18(20(25)26)21-19(24)11-10-17-14(3)22-23(15(17)4)12-16-8-6-13(2)7-9-16/h6-9,18H,5,10-12H2,1-4H3,(H,21,24)(H,25,26). The van der Waals surface area contributed by atoms with Crippen LogP contribution in [0.2, 0.25) is 0 Å². The molecule has 0 aliphatic rings. The molecule has 2 rings (SSSR count). The fourth-order valence-corrected chi connectivity index (χ4v) is 2.96. The van der Waals surface area contributed by atoms with E-state index in [2.05, 4.69) is 41.6 Å². The molecule has 1 aromatic carbocycles. The Morgan fingerprint density at radius 1 is 1.19 bits per heavy atom. The zero-order valence-corrected chi connectivity index (χ0v) is 15.9. The van der Waals surface area contributed by atoms with Crippen molar-refractivity contribution in [3.63, 3.8) is 0 Å². The average Bonchev–Trinajstić information content (AvgIpc) is 2.86. The van der Waals surface area contributed by atoms with Crippen LogP contribution in [0.1, 0.15) is 47.8 Å². The van der Waals surface area contributed by atoms with Crippen LogP contribution in [0, 0.1) is 20.8 Å². The second-order valence-electron chi connectivity index (χ2n) is 6.66. The number of aliphatic carboxylic acids is 1. The van der Waals surface area contributed by atoms with Gasteiger partial charge in [0.05, 0.1) is 12.2 Å². The van der Waals surface area contributed by atoms with Gasteiger partial charge in [0.25, 0.3) is 0 Å². The first-order chi connectivity index (χ1) is 12.3. The molecule has 140 valence electrons. The molecule has 0 spiro atoms. The van der Waals surface area contributed by atoms with Gasteiger partial charge in [0.2, 0.25) is 5.91 Å². The monoisotopic (exact) mass is 357 g/mol. The molecule has 1 atom stereocenters. The van der Waals surface area contributed by atoms with E-state index in [4.69, 9.17) is 5.11 Å². The fraction of sp³-hybridized carbons (Fsp3) is 0.450. The molecule has 1 amide bonds. The van der Waals surface area contributed by atoms with Crippen molar-refractivity contribution in [1.82, 2.24) is 15.1 Å². The highest BCUT2D eigenvalue weighted by Crippen LogP contribution is 2.17. The molecule has 6 heteroatoms. The lowest BCUT2D eigenvalue weighted by Crippen LogP contribution is -2.40. The first-order valence-electron chi connectivity index (χ1n) is 8.92. The highest BCUT2D eigenvalue weighted by atomic mass is 16.4. The Balaban J connectivity index is 2.02. The molecule has 2 N–H and O–H groups in total. The van der Waals surface area contributed by atoms with Gasteiger partial charge in [0.15, 0.2) is 0 Å². The predicted octanol–water partition coefficient (Wildman–Crippen LogP) is 2.77. The van der Waals surface area contributed by atoms with Crippen molar-refractivity contribution in [2.75, 3.05) is 0 Å². The minimum atomic E-state index is -1.00. The molecule has 2 aromatic rings. The van der Waals surface area contributed by atoms with E-state index in [0.717, 1.165) is 17.0 Å². The zero-order chi connectivity index (χ0) is 19.3. The summed E-state index contributed by atoms with van der Waals surface area (Å²) in [5.74, 6) is -1.25. The summed E-state index contributed by atoms with van der Waals surface area (Å²) in [4.78, 5) is 23.1. The summed E-state index contributed by atoms with van der Waals surface area (Å²) in [7, 11) is 0. The van der Waals surface area contributed by atoms with Gasteiger partial charge in [-0.3, -0.25) is 9.48 Å². The van der Waals surface area contributed by atoms with Crippen LogP contribution in [0.4, 0.5) is 0 Å². The van der Waals surface area contributed by atoms with Gasteiger partial charge in [-0.15, -0.1) is 0 Å². The van der Waals surface area contributed by atoms with Gasteiger partial charge < -0.3 is 10.4 Å². The predicted molar refractivity (Wildman–Crippen MR) is 100 cm³/mol. The lowest BCUT2D eigenvalue weighted by Gasteiger charge is -2.12. The molecule has 0 fully saturated rings. The van der Waals surface area contributed by atoms with Crippen molar-refractivity contribution in [3.05, 3.63) is 52.3 Å². The van der Waals surface area contributed by atoms with E-state index in [9.17, 15) is 9.59 Å². The topological polar surface area (TPSA) is 84.2 Å². The molecule has 1 heterocycles. The van der Waals surface area contributed by atoms with E-state index in [-0.39, 0.29) is 12.3 Å². The van der Waals surface area contributed by atoms with Crippen LogP contribution in [0.15, 0.2) is 24.3 Å². The summed E-state index contributed by atoms with van der Waals surface area (Å²) in [5, 5.41) is 16.2. The number of nitrogens with zero attached hydrogens (tertiary/aromatic N) is 2. The number of hydrogen-bond acceptors (Lipinski definition) is 3. The Labute approximate surface area is 154 Å². The van der Waals surface area contributed by atoms with Crippen LogP contribution in [-0.2, 0) is 22.6 Å². The molecule has 1 aromatic heterocycles. The summed E-state index contributed by atoms with van der Waals surface area (Å²) >= 11 is 0. The molecular formula is C20H27N3O3. The molecule has 26 heavy (non-hydrogen) atoms. The fourth-order valence-electron chi connectivity index (χ4n) is 2.96. The summed E-state index contributed by atoms with van der Waals surface area (Å²) in [5.41, 5.74) is 5.41. The maximum Gasteiger partial charge on any atom is 0.326 e. The zero-order valence-electron chi connectivity index (χ0n) is 15.9. The van der Waals surface area contributed by atoms with E-state index < -0.39 is 12.0 Å². The lowest BCUT2D eigenvalue weighted by molar-refractivity contribution is -0.141. The Hall–Kier alpha value is -2.63. The SMILES string of the molecule is CCC(NC(=O)CCc1c(C)nn(Cc2ccc(C)cc2)c1C)C(=O)O. The number of amides is 1. The second-order valence-corrected chi connectivity index (χ2v) is 6.66. The number of nitrogens with one attached hydrogen (secondary N) is 1. The summed E-state index contributed by atoms with van der Waals surface area (Å²) < 4.78 is 1.96. The third-order valence-corrected chi connectivity index (χ3v) is 4.63. The van der Waals surface area contributed by atoms with Crippen LogP contribution in [0.5, 0.6) is 0 Å². The number of aryl methyl sites for hydroxylation is 2. The third-order valence-electron chi connectivity index (χ3n) is 4.63. The van der Waals surface area contributed by atoms with E-state index in [1.54, 1.807) is 6.92 Å². The van der Waals surface area contributed by atoms with Crippen molar-refractivity contribution in [3.8, 4) is 0 Å². The number of aromatic nitrogens is 2. The Kier molecular flexibility index (Phi) is 6.55. The molecular weight excluding hydrogens is 330 g/mol. The number of carboxylic acid groups (broad SMARTS) is 1. The molecule has 0 aliphatic carbocycles. The third kappa shape index (κ3) is 4.94. The molecule has 6 nitrogen and oxygen atoms in total. The maximum atomic E-state index is 12.0.